The lowest BCUT2D eigenvalue weighted by Crippen LogP contribution is -2.71. The highest BCUT2D eigenvalue weighted by atomic mass is 32.2. The van der Waals surface area contributed by atoms with Crippen LogP contribution in [0, 0.1) is 0 Å². The SMILES string of the molecule is CS[C@@H]1OC(O[Si](c2ccccc2)(c2ccccc2)C(C)(C)C)[C@@H](OC(=O)c2ccccc2)[C@H](O)[C@H]1N=[N+]=[N-]. The summed E-state index contributed by atoms with van der Waals surface area (Å²) in [7, 11) is -3.16. The average Bonchev–Trinajstić information content (AvgIpc) is 2.95. The van der Waals surface area contributed by atoms with E-state index < -0.39 is 49.3 Å². The van der Waals surface area contributed by atoms with E-state index in [4.69, 9.17) is 13.9 Å². The molecule has 0 amide bonds. The van der Waals surface area contributed by atoms with E-state index in [2.05, 4.69) is 30.8 Å². The fourth-order valence-corrected chi connectivity index (χ4v) is 10.3. The molecule has 204 valence electrons. The van der Waals surface area contributed by atoms with Gasteiger partial charge in [0.05, 0.1) is 5.56 Å². The van der Waals surface area contributed by atoms with Gasteiger partial charge in [-0.3, -0.25) is 0 Å². The highest BCUT2D eigenvalue weighted by Gasteiger charge is 2.56. The average molecular weight is 564 g/mol. The van der Waals surface area contributed by atoms with Crippen LogP contribution in [0.25, 0.3) is 10.4 Å². The van der Waals surface area contributed by atoms with Gasteiger partial charge in [-0.25, -0.2) is 4.79 Å². The second-order valence-corrected chi connectivity index (χ2v) is 15.5. The molecule has 0 spiro atoms. The fourth-order valence-electron chi connectivity index (χ4n) is 5.04. The quantitative estimate of drug-likeness (QED) is 0.137. The number of carbonyl (C=O) groups excluding carboxylic acids is 1. The lowest BCUT2D eigenvalue weighted by atomic mass is 10.0. The van der Waals surface area contributed by atoms with Crippen molar-refractivity contribution in [3.05, 3.63) is 107 Å². The lowest BCUT2D eigenvalue weighted by Gasteiger charge is -2.49. The van der Waals surface area contributed by atoms with Crippen molar-refractivity contribution in [1.82, 2.24) is 0 Å². The Morgan fingerprint density at radius 1 is 0.974 bits per heavy atom. The van der Waals surface area contributed by atoms with Gasteiger partial charge in [0.25, 0.3) is 8.32 Å². The maximum Gasteiger partial charge on any atom is 0.338 e. The summed E-state index contributed by atoms with van der Waals surface area (Å²) in [4.78, 5) is 16.1. The first-order valence-electron chi connectivity index (χ1n) is 12.7. The van der Waals surface area contributed by atoms with Crippen LogP contribution in [0.15, 0.2) is 96.1 Å². The molecule has 5 atom stereocenters. The number of hydrogen-bond acceptors (Lipinski definition) is 7. The number of aliphatic hydroxyl groups is 1. The minimum Gasteiger partial charge on any atom is -0.451 e. The van der Waals surface area contributed by atoms with E-state index in [1.165, 1.54) is 11.8 Å². The number of carbonyl (C=O) groups is 1. The minimum absolute atomic E-state index is 0.321. The first-order chi connectivity index (χ1) is 18.7. The molecule has 1 fully saturated rings. The number of ether oxygens (including phenoxy) is 2. The van der Waals surface area contributed by atoms with Crippen LogP contribution in [0.2, 0.25) is 5.04 Å². The first kappa shape index (κ1) is 28.9. The zero-order valence-electron chi connectivity index (χ0n) is 22.4. The largest absolute Gasteiger partial charge is 0.451 e. The zero-order chi connectivity index (χ0) is 28.0. The van der Waals surface area contributed by atoms with Gasteiger partial charge in [0, 0.05) is 4.91 Å². The number of azide groups is 1. The first-order valence-corrected chi connectivity index (χ1v) is 15.9. The van der Waals surface area contributed by atoms with Crippen molar-refractivity contribution >= 4 is 36.4 Å². The number of nitrogens with zero attached hydrogens (tertiary/aromatic N) is 3. The molecular weight excluding hydrogens is 530 g/mol. The molecule has 3 aromatic carbocycles. The second-order valence-electron chi connectivity index (χ2n) is 10.3. The van der Waals surface area contributed by atoms with Crippen LogP contribution in [-0.2, 0) is 13.9 Å². The van der Waals surface area contributed by atoms with Crippen LogP contribution in [0.5, 0.6) is 0 Å². The highest BCUT2D eigenvalue weighted by Crippen LogP contribution is 2.41. The van der Waals surface area contributed by atoms with Crippen LogP contribution < -0.4 is 10.4 Å². The summed E-state index contributed by atoms with van der Waals surface area (Å²) >= 11 is 1.29. The summed E-state index contributed by atoms with van der Waals surface area (Å²) in [5.74, 6) is -0.637. The molecule has 1 unspecified atom stereocenters. The molecule has 4 rings (SSSR count). The molecule has 1 saturated heterocycles. The van der Waals surface area contributed by atoms with E-state index in [1.54, 1.807) is 36.6 Å². The number of esters is 1. The van der Waals surface area contributed by atoms with E-state index in [-0.39, 0.29) is 0 Å². The molecule has 1 N–H and O–H groups in total. The summed E-state index contributed by atoms with van der Waals surface area (Å²) in [6.07, 6.45) is -1.95. The summed E-state index contributed by atoms with van der Waals surface area (Å²) in [6, 6.07) is 27.5. The van der Waals surface area contributed by atoms with Gasteiger partial charge in [0.2, 0.25) is 0 Å². The Kier molecular flexibility index (Phi) is 9.17. The minimum atomic E-state index is -3.16. The maximum absolute atomic E-state index is 13.2. The molecule has 1 aliphatic rings. The normalized spacial score (nSPS) is 23.5. The van der Waals surface area contributed by atoms with Crippen LogP contribution in [0.1, 0.15) is 31.1 Å². The molecule has 0 aliphatic carbocycles. The van der Waals surface area contributed by atoms with Gasteiger partial charge in [0.1, 0.15) is 17.6 Å². The summed E-state index contributed by atoms with van der Waals surface area (Å²) in [6.45, 7) is 6.37. The Balaban J connectivity index is 1.85. The van der Waals surface area contributed by atoms with Crippen molar-refractivity contribution in [2.75, 3.05) is 6.26 Å². The van der Waals surface area contributed by atoms with E-state index in [9.17, 15) is 15.4 Å². The maximum atomic E-state index is 13.2. The van der Waals surface area contributed by atoms with E-state index in [1.807, 2.05) is 60.7 Å². The molecular formula is C29H33N3O5SSi. The fraction of sp³-hybridized carbons (Fsp3) is 0.345. The van der Waals surface area contributed by atoms with Crippen molar-refractivity contribution in [3.8, 4) is 0 Å². The molecule has 10 heteroatoms. The smallest absolute Gasteiger partial charge is 0.338 e. The third kappa shape index (κ3) is 5.91. The summed E-state index contributed by atoms with van der Waals surface area (Å²) < 4.78 is 19.4. The molecule has 0 saturated carbocycles. The van der Waals surface area contributed by atoms with Crippen molar-refractivity contribution in [2.24, 2.45) is 5.11 Å². The van der Waals surface area contributed by atoms with Gasteiger partial charge >= 0.3 is 5.97 Å². The Morgan fingerprint density at radius 2 is 1.49 bits per heavy atom. The highest BCUT2D eigenvalue weighted by molar-refractivity contribution is 7.99. The molecule has 0 radical (unpaired) electrons. The van der Waals surface area contributed by atoms with Crippen molar-refractivity contribution in [1.29, 1.82) is 0 Å². The molecule has 1 heterocycles. The van der Waals surface area contributed by atoms with Gasteiger partial charge in [-0.1, -0.05) is 105 Å². The lowest BCUT2D eigenvalue weighted by molar-refractivity contribution is -0.226. The number of hydrogen-bond donors (Lipinski definition) is 1. The molecule has 0 bridgehead atoms. The van der Waals surface area contributed by atoms with Gasteiger partial charge in [0.15, 0.2) is 12.4 Å². The molecule has 0 aromatic heterocycles. The van der Waals surface area contributed by atoms with Crippen LogP contribution in [-0.4, -0.2) is 55.6 Å². The predicted molar refractivity (Wildman–Crippen MR) is 155 cm³/mol. The van der Waals surface area contributed by atoms with Crippen molar-refractivity contribution in [3.63, 3.8) is 0 Å². The molecule has 39 heavy (non-hydrogen) atoms. The Bertz CT molecular complexity index is 1250. The van der Waals surface area contributed by atoms with Gasteiger partial charge in [-0.15, -0.1) is 11.8 Å². The monoisotopic (exact) mass is 563 g/mol. The van der Waals surface area contributed by atoms with Crippen LogP contribution in [0.3, 0.4) is 0 Å². The topological polar surface area (TPSA) is 114 Å². The second kappa shape index (κ2) is 12.4. The van der Waals surface area contributed by atoms with Gasteiger partial charge in [-0.2, -0.15) is 0 Å². The third-order valence-corrected chi connectivity index (χ3v) is 12.7. The van der Waals surface area contributed by atoms with Crippen molar-refractivity contribution in [2.45, 2.75) is 55.8 Å². The molecule has 1 aliphatic heterocycles. The number of aliphatic hydroxyl groups excluding tert-OH is 1. The number of rotatable bonds is 8. The Morgan fingerprint density at radius 3 is 1.95 bits per heavy atom. The van der Waals surface area contributed by atoms with Gasteiger partial charge in [-0.05, 0) is 39.3 Å². The standard InChI is InChI=1S/C29H33N3O5SSi/c1-29(2,3)39(21-16-10-6-11-17-21,22-18-12-7-13-19-22)37-27-25(35-26(34)20-14-8-5-9-15-20)24(33)23(31-32-30)28(36-27)38-4/h5-19,23-25,27-28,33H,1-4H3/t23-,24-,25+,27?,28+/m1/s1. The van der Waals surface area contributed by atoms with Crippen LogP contribution in [0.4, 0.5) is 0 Å². The predicted octanol–water partition coefficient (Wildman–Crippen LogP) is 4.87. The van der Waals surface area contributed by atoms with E-state index >= 15 is 0 Å². The Labute approximate surface area is 234 Å². The van der Waals surface area contributed by atoms with E-state index in [0.717, 1.165) is 10.4 Å². The van der Waals surface area contributed by atoms with Gasteiger partial charge < -0.3 is 19.0 Å². The molecule has 3 aromatic rings. The zero-order valence-corrected chi connectivity index (χ0v) is 24.2. The molecule has 8 nitrogen and oxygen atoms in total. The van der Waals surface area contributed by atoms with E-state index in [0.29, 0.717) is 5.56 Å². The summed E-state index contributed by atoms with van der Waals surface area (Å²) in [5, 5.41) is 16.9. The number of benzene rings is 3. The van der Waals surface area contributed by atoms with Crippen LogP contribution >= 0.6 is 11.8 Å². The number of thioether (sulfide) groups is 1. The third-order valence-electron chi connectivity index (χ3n) is 6.88. The summed E-state index contributed by atoms with van der Waals surface area (Å²) in [5.41, 5.74) is 8.81. The van der Waals surface area contributed by atoms with Crippen molar-refractivity contribution < 1.29 is 23.8 Å². The Hall–Kier alpha value is -3.11.